The van der Waals surface area contributed by atoms with Crippen LogP contribution in [0, 0.1) is 6.92 Å². The van der Waals surface area contributed by atoms with Gasteiger partial charge in [0.15, 0.2) is 0 Å². The van der Waals surface area contributed by atoms with Gasteiger partial charge in [0.25, 0.3) is 0 Å². The first-order chi connectivity index (χ1) is 9.10. The summed E-state index contributed by atoms with van der Waals surface area (Å²) in [5.41, 5.74) is 8.63. The van der Waals surface area contributed by atoms with E-state index in [4.69, 9.17) is 10.5 Å². The Labute approximate surface area is 114 Å². The Hall–Kier alpha value is -1.97. The molecule has 4 heteroatoms. The van der Waals surface area contributed by atoms with Crippen molar-refractivity contribution in [3.63, 3.8) is 0 Å². The molecule has 2 aromatic rings. The number of hydrogen-bond acceptors (Lipinski definition) is 3. The highest BCUT2D eigenvalue weighted by molar-refractivity contribution is 5.54. The minimum atomic E-state index is 0.415. The van der Waals surface area contributed by atoms with E-state index in [1.807, 2.05) is 42.1 Å². The number of aryl methyl sites for hydroxylation is 1. The molecule has 0 saturated carbocycles. The smallest absolute Gasteiger partial charge is 0.142 e. The third-order valence-electron chi connectivity index (χ3n) is 3.25. The van der Waals surface area contributed by atoms with Gasteiger partial charge in [0.05, 0.1) is 11.4 Å². The highest BCUT2D eigenvalue weighted by Gasteiger charge is 2.06. The zero-order valence-electron chi connectivity index (χ0n) is 11.8. The summed E-state index contributed by atoms with van der Waals surface area (Å²) < 4.78 is 7.67. The van der Waals surface area contributed by atoms with Crippen LogP contribution >= 0.6 is 0 Å². The molecule has 1 atom stereocenters. The van der Waals surface area contributed by atoms with Crippen molar-refractivity contribution in [2.45, 2.75) is 39.8 Å². The van der Waals surface area contributed by atoms with Gasteiger partial charge in [-0.3, -0.25) is 4.68 Å². The molecule has 4 nitrogen and oxygen atoms in total. The number of rotatable bonds is 5. The van der Waals surface area contributed by atoms with Crippen molar-refractivity contribution >= 4 is 5.69 Å². The lowest BCUT2D eigenvalue weighted by atomic mass is 10.2. The molecule has 1 aromatic carbocycles. The first kappa shape index (κ1) is 13.5. The Morgan fingerprint density at radius 3 is 2.84 bits per heavy atom. The fourth-order valence-corrected chi connectivity index (χ4v) is 1.84. The van der Waals surface area contributed by atoms with Crippen LogP contribution in [0.1, 0.15) is 37.6 Å². The maximum atomic E-state index is 5.91. The Bertz CT molecular complexity index is 548. The lowest BCUT2D eigenvalue weighted by Gasteiger charge is -2.09. The second kappa shape index (κ2) is 5.78. The SMILES string of the molecule is CCC(C)n1ccc(COc2ccc(C)cc2N)n1. The van der Waals surface area contributed by atoms with Crippen molar-refractivity contribution in [3.8, 4) is 5.75 Å². The molecule has 1 unspecified atom stereocenters. The predicted molar refractivity (Wildman–Crippen MR) is 77.2 cm³/mol. The van der Waals surface area contributed by atoms with Gasteiger partial charge in [0.2, 0.25) is 0 Å². The Kier molecular flexibility index (Phi) is 4.10. The van der Waals surface area contributed by atoms with Crippen molar-refractivity contribution in [2.24, 2.45) is 0 Å². The highest BCUT2D eigenvalue weighted by atomic mass is 16.5. The number of aromatic nitrogens is 2. The van der Waals surface area contributed by atoms with E-state index in [-0.39, 0.29) is 0 Å². The van der Waals surface area contributed by atoms with Crippen LogP contribution in [-0.4, -0.2) is 9.78 Å². The summed E-state index contributed by atoms with van der Waals surface area (Å²) in [6.07, 6.45) is 3.05. The van der Waals surface area contributed by atoms with Crippen LogP contribution < -0.4 is 10.5 Å². The molecule has 0 amide bonds. The summed E-state index contributed by atoms with van der Waals surface area (Å²) in [5.74, 6) is 0.712. The quantitative estimate of drug-likeness (QED) is 0.838. The molecule has 0 fully saturated rings. The molecule has 0 radical (unpaired) electrons. The van der Waals surface area contributed by atoms with Gasteiger partial charge >= 0.3 is 0 Å². The van der Waals surface area contributed by atoms with E-state index in [2.05, 4.69) is 18.9 Å². The third kappa shape index (κ3) is 3.28. The van der Waals surface area contributed by atoms with Gasteiger partial charge in [-0.05, 0) is 44.0 Å². The molecule has 1 heterocycles. The van der Waals surface area contributed by atoms with Gasteiger partial charge < -0.3 is 10.5 Å². The number of nitrogen functional groups attached to an aromatic ring is 1. The molecule has 0 bridgehead atoms. The van der Waals surface area contributed by atoms with Gasteiger partial charge in [-0.15, -0.1) is 0 Å². The van der Waals surface area contributed by atoms with Crippen molar-refractivity contribution < 1.29 is 4.74 Å². The van der Waals surface area contributed by atoms with Gasteiger partial charge in [0, 0.05) is 12.2 Å². The molecule has 0 spiro atoms. The number of hydrogen-bond donors (Lipinski definition) is 1. The van der Waals surface area contributed by atoms with E-state index in [1.54, 1.807) is 0 Å². The predicted octanol–water partition coefficient (Wildman–Crippen LogP) is 3.32. The van der Waals surface area contributed by atoms with Gasteiger partial charge in [-0.25, -0.2) is 0 Å². The maximum absolute atomic E-state index is 5.91. The number of nitrogens with zero attached hydrogens (tertiary/aromatic N) is 2. The van der Waals surface area contributed by atoms with Crippen LogP contribution in [0.15, 0.2) is 30.5 Å². The zero-order chi connectivity index (χ0) is 13.8. The molecule has 102 valence electrons. The van der Waals surface area contributed by atoms with Crippen molar-refractivity contribution in [1.29, 1.82) is 0 Å². The molecule has 0 aliphatic rings. The van der Waals surface area contributed by atoms with E-state index < -0.39 is 0 Å². The second-order valence-electron chi connectivity index (χ2n) is 4.87. The molecule has 0 saturated heterocycles. The van der Waals surface area contributed by atoms with E-state index in [1.165, 1.54) is 0 Å². The summed E-state index contributed by atoms with van der Waals surface area (Å²) in [7, 11) is 0. The van der Waals surface area contributed by atoms with Crippen LogP contribution in [0.25, 0.3) is 0 Å². The number of ether oxygens (including phenoxy) is 1. The average molecular weight is 259 g/mol. The van der Waals surface area contributed by atoms with E-state index in [9.17, 15) is 0 Å². The highest BCUT2D eigenvalue weighted by Crippen LogP contribution is 2.23. The molecule has 2 rings (SSSR count). The van der Waals surface area contributed by atoms with E-state index in [0.717, 1.165) is 17.7 Å². The Morgan fingerprint density at radius 2 is 2.16 bits per heavy atom. The molecule has 0 aliphatic heterocycles. The first-order valence-electron chi connectivity index (χ1n) is 6.63. The Balaban J connectivity index is 2.00. The fraction of sp³-hybridized carbons (Fsp3) is 0.400. The molecular formula is C15H21N3O. The van der Waals surface area contributed by atoms with Gasteiger partial charge in [-0.2, -0.15) is 5.10 Å². The number of anilines is 1. The number of benzene rings is 1. The molecule has 2 N–H and O–H groups in total. The lowest BCUT2D eigenvalue weighted by molar-refractivity contribution is 0.299. The van der Waals surface area contributed by atoms with Crippen molar-refractivity contribution in [1.82, 2.24) is 9.78 Å². The topological polar surface area (TPSA) is 53.1 Å². The van der Waals surface area contributed by atoms with Crippen LogP contribution in [0.5, 0.6) is 5.75 Å². The average Bonchev–Trinajstić information content (AvgIpc) is 2.85. The minimum absolute atomic E-state index is 0.415. The monoisotopic (exact) mass is 259 g/mol. The van der Waals surface area contributed by atoms with Crippen LogP contribution in [0.4, 0.5) is 5.69 Å². The maximum Gasteiger partial charge on any atom is 0.142 e. The number of nitrogens with two attached hydrogens (primary N) is 1. The standard InChI is InChI=1S/C15H21N3O/c1-4-12(3)18-8-7-13(17-18)10-19-15-6-5-11(2)9-14(15)16/h5-9,12H,4,10,16H2,1-3H3. The van der Waals surface area contributed by atoms with Crippen LogP contribution in [0.3, 0.4) is 0 Å². The Morgan fingerprint density at radius 1 is 1.37 bits per heavy atom. The largest absolute Gasteiger partial charge is 0.485 e. The van der Waals surface area contributed by atoms with Gasteiger partial charge in [-0.1, -0.05) is 13.0 Å². The second-order valence-corrected chi connectivity index (χ2v) is 4.87. The summed E-state index contributed by atoms with van der Waals surface area (Å²) in [6.45, 7) is 6.75. The lowest BCUT2D eigenvalue weighted by Crippen LogP contribution is -2.06. The minimum Gasteiger partial charge on any atom is -0.485 e. The van der Waals surface area contributed by atoms with Crippen LogP contribution in [-0.2, 0) is 6.61 Å². The van der Waals surface area contributed by atoms with Crippen molar-refractivity contribution in [3.05, 3.63) is 41.7 Å². The first-order valence-corrected chi connectivity index (χ1v) is 6.63. The zero-order valence-corrected chi connectivity index (χ0v) is 11.8. The fourth-order valence-electron chi connectivity index (χ4n) is 1.84. The van der Waals surface area contributed by atoms with Gasteiger partial charge in [0.1, 0.15) is 12.4 Å². The summed E-state index contributed by atoms with van der Waals surface area (Å²) >= 11 is 0. The summed E-state index contributed by atoms with van der Waals surface area (Å²) in [4.78, 5) is 0. The van der Waals surface area contributed by atoms with Crippen LogP contribution in [0.2, 0.25) is 0 Å². The molecule has 19 heavy (non-hydrogen) atoms. The third-order valence-corrected chi connectivity index (χ3v) is 3.25. The van der Waals surface area contributed by atoms with E-state index in [0.29, 0.717) is 24.1 Å². The summed E-state index contributed by atoms with van der Waals surface area (Å²) in [6, 6.07) is 8.20. The van der Waals surface area contributed by atoms with E-state index >= 15 is 0 Å². The molecule has 1 aromatic heterocycles. The summed E-state index contributed by atoms with van der Waals surface area (Å²) in [5, 5.41) is 4.49. The van der Waals surface area contributed by atoms with Crippen molar-refractivity contribution in [2.75, 3.05) is 5.73 Å². The normalized spacial score (nSPS) is 12.4. The molecule has 0 aliphatic carbocycles. The molecular weight excluding hydrogens is 238 g/mol.